The van der Waals surface area contributed by atoms with Gasteiger partial charge in [-0.05, 0) is 87.2 Å². The van der Waals surface area contributed by atoms with Gasteiger partial charge in [-0.3, -0.25) is 9.80 Å². The molecule has 0 aromatic heterocycles. The molecule has 0 unspecified atom stereocenters. The Morgan fingerprint density at radius 1 is 0.514 bits per heavy atom. The van der Waals surface area contributed by atoms with Crippen LogP contribution in [0.15, 0.2) is 0 Å². The topological polar surface area (TPSA) is 19.4 Å². The largest absolute Gasteiger partial charge is 0.304 e. The number of nitrogens with zero attached hydrogens (tertiary/aromatic N) is 6. The Bertz CT molecular complexity index is 428. The highest BCUT2D eigenvalue weighted by Crippen LogP contribution is 2.08. The summed E-state index contributed by atoms with van der Waals surface area (Å²) in [5.41, 5.74) is 0. The van der Waals surface area contributed by atoms with Crippen LogP contribution in [0.3, 0.4) is 0 Å². The first-order valence-corrected chi connectivity index (χ1v) is 15.1. The lowest BCUT2D eigenvalue weighted by atomic mass is 10.2. The highest BCUT2D eigenvalue weighted by atomic mass is 15.3. The average Bonchev–Trinajstić information content (AvgIpc) is 3.38. The van der Waals surface area contributed by atoms with Crippen molar-refractivity contribution in [1.29, 1.82) is 0 Å². The summed E-state index contributed by atoms with van der Waals surface area (Å²) in [6.45, 7) is 34.9. The molecule has 0 spiro atoms. The summed E-state index contributed by atoms with van der Waals surface area (Å²) in [7, 11) is 4.44. The Morgan fingerprint density at radius 3 is 1.23 bits per heavy atom. The molecular formula is C29H66N6. The number of rotatable bonds is 9. The molecule has 0 saturated carbocycles. The van der Waals surface area contributed by atoms with Gasteiger partial charge in [-0.15, -0.1) is 0 Å². The molecule has 0 radical (unpaired) electrons. The third-order valence-electron chi connectivity index (χ3n) is 7.34. The van der Waals surface area contributed by atoms with E-state index in [1.807, 2.05) is 27.7 Å². The van der Waals surface area contributed by atoms with Crippen LogP contribution in [0.5, 0.6) is 0 Å². The first-order valence-electron chi connectivity index (χ1n) is 15.1. The summed E-state index contributed by atoms with van der Waals surface area (Å²) >= 11 is 0. The van der Waals surface area contributed by atoms with E-state index < -0.39 is 0 Å². The second-order valence-corrected chi connectivity index (χ2v) is 10.6. The molecule has 6 heteroatoms. The summed E-state index contributed by atoms with van der Waals surface area (Å²) in [4.78, 5) is 15.3. The number of likely N-dealkylation sites (tertiary alicyclic amines) is 1. The average molecular weight is 499 g/mol. The monoisotopic (exact) mass is 499 g/mol. The quantitative estimate of drug-likeness (QED) is 0.473. The number of likely N-dealkylation sites (N-methyl/N-ethyl adjacent to an activating group) is 2. The van der Waals surface area contributed by atoms with Gasteiger partial charge in [-0.25, -0.2) is 0 Å². The molecule has 0 aliphatic carbocycles. The number of hydrogen-bond donors (Lipinski definition) is 0. The Kier molecular flexibility index (Phi) is 21.7. The molecule has 0 aromatic rings. The maximum Gasteiger partial charge on any atom is 0.0115 e. The third kappa shape index (κ3) is 16.3. The van der Waals surface area contributed by atoms with Gasteiger partial charge in [0.25, 0.3) is 0 Å². The molecule has 3 heterocycles. The summed E-state index contributed by atoms with van der Waals surface area (Å²) in [6.07, 6.45) is 4.22. The Hall–Kier alpha value is -0.240. The van der Waals surface area contributed by atoms with Gasteiger partial charge in [0.15, 0.2) is 0 Å². The smallest absolute Gasteiger partial charge is 0.0115 e. The van der Waals surface area contributed by atoms with Crippen LogP contribution in [0.2, 0.25) is 0 Å². The van der Waals surface area contributed by atoms with Crippen LogP contribution in [0, 0.1) is 0 Å². The van der Waals surface area contributed by atoms with E-state index in [0.717, 1.165) is 0 Å². The molecule has 35 heavy (non-hydrogen) atoms. The van der Waals surface area contributed by atoms with E-state index >= 15 is 0 Å². The minimum absolute atomic E-state index is 0.660. The van der Waals surface area contributed by atoms with Crippen LogP contribution < -0.4 is 0 Å². The van der Waals surface area contributed by atoms with E-state index in [2.05, 4.69) is 71.2 Å². The predicted octanol–water partition coefficient (Wildman–Crippen LogP) is 4.12. The van der Waals surface area contributed by atoms with Gasteiger partial charge in [0.05, 0.1) is 0 Å². The van der Waals surface area contributed by atoms with Crippen molar-refractivity contribution in [3.05, 3.63) is 0 Å². The van der Waals surface area contributed by atoms with Gasteiger partial charge < -0.3 is 19.6 Å². The lowest BCUT2D eigenvalue weighted by molar-refractivity contribution is 0.111. The lowest BCUT2D eigenvalue weighted by Crippen LogP contribution is -2.48. The van der Waals surface area contributed by atoms with E-state index in [0.29, 0.717) is 12.1 Å². The van der Waals surface area contributed by atoms with Gasteiger partial charge in [0.2, 0.25) is 0 Å². The van der Waals surface area contributed by atoms with E-state index in [9.17, 15) is 0 Å². The van der Waals surface area contributed by atoms with Crippen molar-refractivity contribution < 1.29 is 0 Å². The molecule has 212 valence electrons. The fourth-order valence-electron chi connectivity index (χ4n) is 5.04. The highest BCUT2D eigenvalue weighted by molar-refractivity contribution is 4.74. The van der Waals surface area contributed by atoms with E-state index in [-0.39, 0.29) is 0 Å². The zero-order chi connectivity index (χ0) is 26.6. The fraction of sp³-hybridized carbons (Fsp3) is 1.00. The first kappa shape index (κ1) is 34.8. The molecule has 0 atom stereocenters. The van der Waals surface area contributed by atoms with Crippen molar-refractivity contribution in [1.82, 2.24) is 29.4 Å². The minimum Gasteiger partial charge on any atom is -0.304 e. The molecule has 3 aliphatic rings. The number of piperazine rings is 2. The van der Waals surface area contributed by atoms with Gasteiger partial charge in [0, 0.05) is 77.5 Å². The molecule has 3 fully saturated rings. The molecule has 0 aromatic carbocycles. The van der Waals surface area contributed by atoms with E-state index in [1.165, 1.54) is 111 Å². The van der Waals surface area contributed by atoms with Crippen molar-refractivity contribution in [3.63, 3.8) is 0 Å². The lowest BCUT2D eigenvalue weighted by Gasteiger charge is -2.36. The molecule has 3 rings (SSSR count). The second-order valence-electron chi connectivity index (χ2n) is 10.6. The molecule has 0 bridgehead atoms. The molecule has 3 aliphatic heterocycles. The molecule has 6 nitrogen and oxygen atoms in total. The summed E-state index contributed by atoms with van der Waals surface area (Å²) in [5.74, 6) is 0. The van der Waals surface area contributed by atoms with Gasteiger partial charge in [-0.2, -0.15) is 0 Å². The van der Waals surface area contributed by atoms with Crippen LogP contribution >= 0.6 is 0 Å². The summed E-state index contributed by atoms with van der Waals surface area (Å²) in [6, 6.07) is 1.32. The Balaban J connectivity index is 0.000000579. The van der Waals surface area contributed by atoms with Crippen LogP contribution in [0.25, 0.3) is 0 Å². The second kappa shape index (κ2) is 21.8. The number of hydrogen-bond acceptors (Lipinski definition) is 6. The molecular weight excluding hydrogens is 432 g/mol. The summed E-state index contributed by atoms with van der Waals surface area (Å²) in [5, 5.41) is 0. The van der Waals surface area contributed by atoms with Gasteiger partial charge in [-0.1, -0.05) is 27.7 Å². The van der Waals surface area contributed by atoms with Crippen LogP contribution in [-0.2, 0) is 0 Å². The SMILES string of the molecule is CC.CC.CC(C)N(CCN1CCN(C)CC1)C(C)C.CN1CCN(CCCN2CCCC2)CC1. The van der Waals surface area contributed by atoms with Crippen molar-refractivity contribution in [2.24, 2.45) is 0 Å². The van der Waals surface area contributed by atoms with E-state index in [1.54, 1.807) is 0 Å². The van der Waals surface area contributed by atoms with Crippen LogP contribution in [0.4, 0.5) is 0 Å². The zero-order valence-corrected chi connectivity index (χ0v) is 25.9. The maximum atomic E-state index is 2.62. The fourth-order valence-corrected chi connectivity index (χ4v) is 5.04. The van der Waals surface area contributed by atoms with Gasteiger partial charge in [0.1, 0.15) is 0 Å². The Labute approximate surface area is 222 Å². The van der Waals surface area contributed by atoms with Crippen molar-refractivity contribution in [3.8, 4) is 0 Å². The third-order valence-corrected chi connectivity index (χ3v) is 7.34. The van der Waals surface area contributed by atoms with Crippen molar-refractivity contribution >= 4 is 0 Å². The standard InChI is InChI=1S/C13H29N3.C12H25N3.2C2H6/c1-12(2)16(13(3)4)11-10-15-8-6-14(5)7-9-15;1-13-9-11-15(12-10-13)8-4-7-14-5-2-3-6-14;2*1-2/h12-13H,6-11H2,1-5H3;2-12H2,1H3;2*1-2H3. The Morgan fingerprint density at radius 2 is 0.857 bits per heavy atom. The molecule has 0 amide bonds. The van der Waals surface area contributed by atoms with Crippen molar-refractivity contribution in [2.45, 2.75) is 86.7 Å². The predicted molar refractivity (Wildman–Crippen MR) is 158 cm³/mol. The summed E-state index contributed by atoms with van der Waals surface area (Å²) < 4.78 is 0. The normalized spacial score (nSPS) is 20.8. The van der Waals surface area contributed by atoms with E-state index in [4.69, 9.17) is 0 Å². The van der Waals surface area contributed by atoms with Crippen LogP contribution in [-0.4, -0.2) is 147 Å². The van der Waals surface area contributed by atoms with Crippen molar-refractivity contribution in [2.75, 3.05) is 106 Å². The maximum absolute atomic E-state index is 2.62. The highest BCUT2D eigenvalue weighted by Gasteiger charge is 2.18. The molecule has 3 saturated heterocycles. The molecule has 0 N–H and O–H groups in total. The van der Waals surface area contributed by atoms with Gasteiger partial charge >= 0.3 is 0 Å². The minimum atomic E-state index is 0.660. The van der Waals surface area contributed by atoms with Crippen LogP contribution in [0.1, 0.15) is 74.7 Å². The zero-order valence-electron chi connectivity index (χ0n) is 25.9. The first-order chi connectivity index (χ1) is 16.8.